The molecule has 3 aromatic rings. The maximum absolute atomic E-state index is 13.6. The van der Waals surface area contributed by atoms with Crippen molar-refractivity contribution in [1.29, 1.82) is 0 Å². The molecule has 0 aliphatic heterocycles. The zero-order chi connectivity index (χ0) is 23.9. The molecule has 1 aliphatic carbocycles. The number of hydrogen-bond acceptors (Lipinski definition) is 5. The highest BCUT2D eigenvalue weighted by Crippen LogP contribution is 2.40. The molecule has 1 fully saturated rings. The first-order valence-corrected chi connectivity index (χ1v) is 12.6. The highest BCUT2D eigenvalue weighted by molar-refractivity contribution is 7.99. The average Bonchev–Trinajstić information content (AvgIpc) is 3.19. The van der Waals surface area contributed by atoms with Gasteiger partial charge in [0.25, 0.3) is 0 Å². The van der Waals surface area contributed by atoms with Crippen LogP contribution in [-0.2, 0) is 16.1 Å². The minimum absolute atomic E-state index is 0.235. The van der Waals surface area contributed by atoms with Crippen molar-refractivity contribution in [2.24, 2.45) is 17.6 Å². The normalized spacial score (nSPS) is 18.2. The van der Waals surface area contributed by atoms with Gasteiger partial charge in [0.1, 0.15) is 23.1 Å². The molecule has 6 nitrogen and oxygen atoms in total. The van der Waals surface area contributed by atoms with Crippen LogP contribution in [-0.4, -0.2) is 39.9 Å². The Morgan fingerprint density at radius 3 is 2.38 bits per heavy atom. The van der Waals surface area contributed by atoms with E-state index in [9.17, 15) is 9.18 Å². The Hall–Kier alpha value is -2.68. The Balaban J connectivity index is 1.58. The van der Waals surface area contributed by atoms with E-state index in [0.29, 0.717) is 24.3 Å². The van der Waals surface area contributed by atoms with Gasteiger partial charge in [0.2, 0.25) is 0 Å². The standard InChI is InChI=1S/C26H30FN3O3S/c27-22-12-10-21(11-13-22)25-24(20-4-2-1-3-5-20)26(34-17-28)30(29-25)14-18-6-8-19(9-7-18)15-33-16-23(31)32/h1-5,10-13,18-19H,6-9,14-17,28H2,(H,31,32). The van der Waals surface area contributed by atoms with Gasteiger partial charge in [0, 0.05) is 23.5 Å². The van der Waals surface area contributed by atoms with Crippen LogP contribution in [0.1, 0.15) is 25.7 Å². The molecule has 0 spiro atoms. The van der Waals surface area contributed by atoms with Gasteiger partial charge in [-0.15, -0.1) is 0 Å². The van der Waals surface area contributed by atoms with Crippen molar-refractivity contribution in [3.8, 4) is 22.4 Å². The van der Waals surface area contributed by atoms with E-state index in [1.165, 1.54) is 12.1 Å². The van der Waals surface area contributed by atoms with Gasteiger partial charge in [-0.3, -0.25) is 4.68 Å². The molecule has 0 atom stereocenters. The molecular formula is C26H30FN3O3S. The highest BCUT2D eigenvalue weighted by atomic mass is 32.2. The molecule has 8 heteroatoms. The van der Waals surface area contributed by atoms with Crippen molar-refractivity contribution in [3.05, 3.63) is 60.4 Å². The molecule has 1 aliphatic rings. The molecule has 0 amide bonds. The second-order valence-electron chi connectivity index (χ2n) is 8.69. The molecule has 180 valence electrons. The molecule has 1 heterocycles. The lowest BCUT2D eigenvalue weighted by Gasteiger charge is -2.28. The molecule has 0 unspecified atom stereocenters. The number of thioether (sulfide) groups is 1. The number of halogens is 1. The van der Waals surface area contributed by atoms with Crippen LogP contribution in [0.15, 0.2) is 59.6 Å². The molecular weight excluding hydrogens is 453 g/mol. The van der Waals surface area contributed by atoms with E-state index in [-0.39, 0.29) is 12.4 Å². The zero-order valence-corrected chi connectivity index (χ0v) is 19.8. The maximum Gasteiger partial charge on any atom is 0.329 e. The summed E-state index contributed by atoms with van der Waals surface area (Å²) in [7, 11) is 0. The Bertz CT molecular complexity index is 1080. The first kappa shape index (κ1) is 24.4. The zero-order valence-electron chi connectivity index (χ0n) is 19.0. The molecule has 0 saturated heterocycles. The van der Waals surface area contributed by atoms with Crippen LogP contribution < -0.4 is 5.73 Å². The number of carbonyl (C=O) groups is 1. The van der Waals surface area contributed by atoms with Crippen LogP contribution in [0.5, 0.6) is 0 Å². The quantitative estimate of drug-likeness (QED) is 0.302. The van der Waals surface area contributed by atoms with Crippen LogP contribution in [0.4, 0.5) is 4.39 Å². The molecule has 2 aromatic carbocycles. The van der Waals surface area contributed by atoms with Crippen LogP contribution in [0.2, 0.25) is 0 Å². The Morgan fingerprint density at radius 2 is 1.74 bits per heavy atom. The molecule has 1 aromatic heterocycles. The Labute approximate surface area is 203 Å². The largest absolute Gasteiger partial charge is 0.480 e. The Kier molecular flexibility index (Phi) is 8.37. The lowest BCUT2D eigenvalue weighted by Crippen LogP contribution is -2.23. The van der Waals surface area contributed by atoms with Gasteiger partial charge in [-0.05, 0) is 67.3 Å². The van der Waals surface area contributed by atoms with E-state index >= 15 is 0 Å². The smallest absolute Gasteiger partial charge is 0.329 e. The second kappa shape index (κ2) is 11.6. The van der Waals surface area contributed by atoms with Gasteiger partial charge in [-0.2, -0.15) is 5.10 Å². The van der Waals surface area contributed by atoms with Crippen molar-refractivity contribution in [2.45, 2.75) is 37.3 Å². The van der Waals surface area contributed by atoms with Gasteiger partial charge in [-0.1, -0.05) is 42.1 Å². The minimum atomic E-state index is -0.927. The fraction of sp³-hybridized carbons (Fsp3) is 0.385. The number of carboxylic acid groups (broad SMARTS) is 1. The van der Waals surface area contributed by atoms with E-state index in [1.54, 1.807) is 23.9 Å². The number of aromatic nitrogens is 2. The number of hydrogen-bond donors (Lipinski definition) is 2. The summed E-state index contributed by atoms with van der Waals surface area (Å²) >= 11 is 1.57. The molecule has 3 N–H and O–H groups in total. The van der Waals surface area contributed by atoms with E-state index in [1.807, 2.05) is 18.2 Å². The molecule has 0 bridgehead atoms. The van der Waals surface area contributed by atoms with Crippen molar-refractivity contribution in [1.82, 2.24) is 9.78 Å². The van der Waals surface area contributed by atoms with Gasteiger partial charge in [-0.25, -0.2) is 9.18 Å². The summed E-state index contributed by atoms with van der Waals surface area (Å²) in [5.41, 5.74) is 9.77. The summed E-state index contributed by atoms with van der Waals surface area (Å²) in [5, 5.41) is 14.8. The second-order valence-corrected chi connectivity index (χ2v) is 9.70. The maximum atomic E-state index is 13.6. The minimum Gasteiger partial charge on any atom is -0.480 e. The van der Waals surface area contributed by atoms with Gasteiger partial charge >= 0.3 is 5.97 Å². The lowest BCUT2D eigenvalue weighted by atomic mass is 9.82. The summed E-state index contributed by atoms with van der Waals surface area (Å²) in [4.78, 5) is 10.7. The predicted octanol–water partition coefficient (Wildman–Crippen LogP) is 5.27. The highest BCUT2D eigenvalue weighted by Gasteiger charge is 2.26. The van der Waals surface area contributed by atoms with Crippen LogP contribution >= 0.6 is 11.8 Å². The number of rotatable bonds is 10. The van der Waals surface area contributed by atoms with Gasteiger partial charge in [0.05, 0.1) is 6.61 Å². The van der Waals surface area contributed by atoms with Gasteiger partial charge in [0.15, 0.2) is 0 Å². The van der Waals surface area contributed by atoms with Gasteiger partial charge < -0.3 is 15.6 Å². The van der Waals surface area contributed by atoms with E-state index in [4.69, 9.17) is 20.7 Å². The number of aliphatic carboxylic acids is 1. The SMILES string of the molecule is NCSc1c(-c2ccccc2)c(-c2ccc(F)cc2)nn1CC1CCC(COCC(=O)O)CC1. The van der Waals surface area contributed by atoms with Crippen LogP contribution in [0, 0.1) is 17.7 Å². The topological polar surface area (TPSA) is 90.4 Å². The third-order valence-corrected chi connectivity index (χ3v) is 7.14. The number of benzene rings is 2. The van der Waals surface area contributed by atoms with Crippen molar-refractivity contribution in [3.63, 3.8) is 0 Å². The molecule has 4 rings (SSSR count). The Morgan fingerprint density at radius 1 is 1.06 bits per heavy atom. The number of ether oxygens (including phenoxy) is 1. The average molecular weight is 484 g/mol. The van der Waals surface area contributed by atoms with Crippen molar-refractivity contribution < 1.29 is 19.0 Å². The molecule has 0 radical (unpaired) electrons. The van der Waals surface area contributed by atoms with E-state index < -0.39 is 5.97 Å². The van der Waals surface area contributed by atoms with Crippen LogP contribution in [0.3, 0.4) is 0 Å². The fourth-order valence-electron chi connectivity index (χ4n) is 4.61. The first-order chi connectivity index (χ1) is 16.5. The van der Waals surface area contributed by atoms with Crippen molar-refractivity contribution in [2.75, 3.05) is 19.1 Å². The van der Waals surface area contributed by atoms with E-state index in [2.05, 4.69) is 16.8 Å². The molecule has 1 saturated carbocycles. The third kappa shape index (κ3) is 6.05. The summed E-state index contributed by atoms with van der Waals surface area (Å²) in [6.45, 7) is 1.05. The summed E-state index contributed by atoms with van der Waals surface area (Å²) in [5.74, 6) is 0.106. The fourth-order valence-corrected chi connectivity index (χ4v) is 5.39. The monoisotopic (exact) mass is 483 g/mol. The number of nitrogens with two attached hydrogens (primary N) is 1. The van der Waals surface area contributed by atoms with Crippen LogP contribution in [0.25, 0.3) is 22.4 Å². The number of carboxylic acids is 1. The third-order valence-electron chi connectivity index (χ3n) is 6.28. The summed E-state index contributed by atoms with van der Waals surface area (Å²) in [6, 6.07) is 16.6. The number of nitrogens with zero attached hydrogens (tertiary/aromatic N) is 2. The van der Waals surface area contributed by atoms with Crippen molar-refractivity contribution >= 4 is 17.7 Å². The lowest BCUT2D eigenvalue weighted by molar-refractivity contribution is -0.142. The van der Waals surface area contributed by atoms with E-state index in [0.717, 1.165) is 59.6 Å². The first-order valence-electron chi connectivity index (χ1n) is 11.6. The summed E-state index contributed by atoms with van der Waals surface area (Å²) in [6.07, 6.45) is 4.11. The predicted molar refractivity (Wildman–Crippen MR) is 132 cm³/mol. The summed E-state index contributed by atoms with van der Waals surface area (Å²) < 4.78 is 21.0. The molecule has 34 heavy (non-hydrogen) atoms.